The Hall–Kier alpha value is -2.41. The lowest BCUT2D eigenvalue weighted by Crippen LogP contribution is -2.53. The molecule has 3 aliphatic rings. The molecule has 3 heterocycles. The highest BCUT2D eigenvalue weighted by atomic mass is 16.5. The minimum Gasteiger partial charge on any atom is -0.375 e. The fourth-order valence-corrected chi connectivity index (χ4v) is 4.94. The van der Waals surface area contributed by atoms with Crippen molar-refractivity contribution in [2.45, 2.75) is 62.9 Å². The lowest BCUT2D eigenvalue weighted by molar-refractivity contribution is -0.123. The normalized spacial score (nSPS) is 23.1. The van der Waals surface area contributed by atoms with E-state index in [1.165, 1.54) is 18.4 Å². The summed E-state index contributed by atoms with van der Waals surface area (Å²) in [6, 6.07) is 10.3. The van der Waals surface area contributed by atoms with Crippen LogP contribution in [-0.2, 0) is 17.6 Å². The van der Waals surface area contributed by atoms with E-state index in [0.717, 1.165) is 69.9 Å². The minimum absolute atomic E-state index is 0.0394. The van der Waals surface area contributed by atoms with E-state index in [-0.39, 0.29) is 11.6 Å². The molecule has 2 amide bonds. The molecule has 7 nitrogen and oxygen atoms in total. The van der Waals surface area contributed by atoms with Crippen molar-refractivity contribution in [1.29, 1.82) is 0 Å². The molecule has 166 valence electrons. The van der Waals surface area contributed by atoms with Crippen LogP contribution < -0.4 is 5.32 Å². The molecular formula is C24H32N4O3. The van der Waals surface area contributed by atoms with Gasteiger partial charge in [0.1, 0.15) is 0 Å². The number of hydrogen-bond donors (Lipinski definition) is 1. The Bertz CT molecular complexity index is 872. The molecule has 31 heavy (non-hydrogen) atoms. The summed E-state index contributed by atoms with van der Waals surface area (Å²) in [7, 11) is 0. The quantitative estimate of drug-likeness (QED) is 0.765. The SMILES string of the molecule is O=C(NCCc1ccccc1)N1CCC2(CC1)CC(Cc1noc(C3CC3)n1)CCO2. The van der Waals surface area contributed by atoms with Gasteiger partial charge in [-0.2, -0.15) is 4.98 Å². The van der Waals surface area contributed by atoms with Crippen LogP contribution in [-0.4, -0.2) is 52.9 Å². The number of nitrogens with one attached hydrogen (secondary N) is 1. The molecular weight excluding hydrogens is 392 g/mol. The molecule has 0 radical (unpaired) electrons. The van der Waals surface area contributed by atoms with Gasteiger partial charge in [-0.25, -0.2) is 4.79 Å². The second-order valence-electron chi connectivity index (χ2n) is 9.37. The zero-order valence-corrected chi connectivity index (χ0v) is 18.1. The van der Waals surface area contributed by atoms with E-state index in [9.17, 15) is 4.79 Å². The summed E-state index contributed by atoms with van der Waals surface area (Å²) in [6.07, 6.45) is 7.93. The van der Waals surface area contributed by atoms with Crippen molar-refractivity contribution in [3.05, 3.63) is 47.6 Å². The third-order valence-corrected chi connectivity index (χ3v) is 6.97. The van der Waals surface area contributed by atoms with Gasteiger partial charge in [-0.15, -0.1) is 0 Å². The highest BCUT2D eigenvalue weighted by Crippen LogP contribution is 2.40. The Morgan fingerprint density at radius 2 is 1.97 bits per heavy atom. The standard InChI is InChI=1S/C24H32N4O3/c29-23(25-12-8-18-4-2-1-3-5-18)28-13-10-24(11-14-28)17-19(9-15-30-24)16-21-26-22(31-27-21)20-6-7-20/h1-5,19-20H,6-17H2,(H,25,29). The van der Waals surface area contributed by atoms with Gasteiger partial charge in [-0.1, -0.05) is 35.5 Å². The maximum absolute atomic E-state index is 12.6. The molecule has 1 aromatic carbocycles. The fraction of sp³-hybridized carbons (Fsp3) is 0.625. The van der Waals surface area contributed by atoms with Gasteiger partial charge >= 0.3 is 6.03 Å². The van der Waals surface area contributed by atoms with Gasteiger partial charge in [0.25, 0.3) is 0 Å². The molecule has 1 aromatic heterocycles. The van der Waals surface area contributed by atoms with Gasteiger partial charge in [-0.3, -0.25) is 0 Å². The highest BCUT2D eigenvalue weighted by Gasteiger charge is 2.41. The average molecular weight is 425 g/mol. The topological polar surface area (TPSA) is 80.5 Å². The van der Waals surface area contributed by atoms with Crippen LogP contribution in [0.4, 0.5) is 4.79 Å². The summed E-state index contributed by atoms with van der Waals surface area (Å²) >= 11 is 0. The Kier molecular flexibility index (Phi) is 5.94. The monoisotopic (exact) mass is 424 g/mol. The van der Waals surface area contributed by atoms with Gasteiger partial charge in [0, 0.05) is 38.6 Å². The molecule has 1 N–H and O–H groups in total. The van der Waals surface area contributed by atoms with Crippen LogP contribution in [0.25, 0.3) is 0 Å². The first kappa shape index (κ1) is 20.5. The molecule has 7 heteroatoms. The first-order chi connectivity index (χ1) is 15.2. The van der Waals surface area contributed by atoms with Crippen LogP contribution in [0.15, 0.2) is 34.9 Å². The number of carbonyl (C=O) groups excluding carboxylic acids is 1. The van der Waals surface area contributed by atoms with E-state index >= 15 is 0 Å². The van der Waals surface area contributed by atoms with Crippen molar-refractivity contribution in [3.8, 4) is 0 Å². The van der Waals surface area contributed by atoms with Gasteiger partial charge in [0.2, 0.25) is 5.89 Å². The van der Waals surface area contributed by atoms with Gasteiger partial charge in [0.05, 0.1) is 5.60 Å². The third-order valence-electron chi connectivity index (χ3n) is 6.97. The van der Waals surface area contributed by atoms with Crippen molar-refractivity contribution >= 4 is 6.03 Å². The summed E-state index contributed by atoms with van der Waals surface area (Å²) in [4.78, 5) is 19.1. The summed E-state index contributed by atoms with van der Waals surface area (Å²) in [5.41, 5.74) is 1.14. The van der Waals surface area contributed by atoms with Gasteiger partial charge in [0.15, 0.2) is 5.82 Å². The molecule has 2 aliphatic heterocycles. The number of aromatic nitrogens is 2. The maximum Gasteiger partial charge on any atom is 0.317 e. The van der Waals surface area contributed by atoms with E-state index in [2.05, 4.69) is 27.6 Å². The molecule has 1 atom stereocenters. The van der Waals surface area contributed by atoms with Gasteiger partial charge in [-0.05, 0) is 56.4 Å². The number of carbonyl (C=O) groups is 1. The minimum atomic E-state index is -0.104. The van der Waals surface area contributed by atoms with E-state index in [0.29, 0.717) is 18.4 Å². The summed E-state index contributed by atoms with van der Waals surface area (Å²) in [5.74, 6) is 2.69. The number of benzene rings is 1. The van der Waals surface area contributed by atoms with Crippen LogP contribution in [0, 0.1) is 5.92 Å². The van der Waals surface area contributed by atoms with Crippen molar-refractivity contribution < 1.29 is 14.1 Å². The van der Waals surface area contributed by atoms with E-state index in [1.807, 2.05) is 23.1 Å². The average Bonchev–Trinajstić information content (AvgIpc) is 3.54. The van der Waals surface area contributed by atoms with Crippen LogP contribution in [0.3, 0.4) is 0 Å². The van der Waals surface area contributed by atoms with Gasteiger partial charge < -0.3 is 19.5 Å². The van der Waals surface area contributed by atoms with Crippen LogP contribution in [0.5, 0.6) is 0 Å². The summed E-state index contributed by atoms with van der Waals surface area (Å²) < 4.78 is 11.7. The van der Waals surface area contributed by atoms with E-state index < -0.39 is 0 Å². The maximum atomic E-state index is 12.6. The Morgan fingerprint density at radius 3 is 2.74 bits per heavy atom. The molecule has 1 saturated carbocycles. The Morgan fingerprint density at radius 1 is 1.16 bits per heavy atom. The zero-order valence-electron chi connectivity index (χ0n) is 18.1. The second-order valence-corrected chi connectivity index (χ2v) is 9.37. The predicted octanol–water partition coefficient (Wildman–Crippen LogP) is 3.70. The number of amides is 2. The largest absolute Gasteiger partial charge is 0.375 e. The van der Waals surface area contributed by atoms with Crippen LogP contribution in [0.2, 0.25) is 0 Å². The number of ether oxygens (including phenoxy) is 1. The van der Waals surface area contributed by atoms with Crippen molar-refractivity contribution in [1.82, 2.24) is 20.4 Å². The number of rotatable bonds is 6. The second kappa shape index (κ2) is 8.99. The fourth-order valence-electron chi connectivity index (χ4n) is 4.94. The molecule has 0 bridgehead atoms. The lowest BCUT2D eigenvalue weighted by atomic mass is 9.78. The molecule has 1 aliphatic carbocycles. The third kappa shape index (κ3) is 5.09. The van der Waals surface area contributed by atoms with E-state index in [4.69, 9.17) is 9.26 Å². The molecule has 1 spiro atoms. The molecule has 2 saturated heterocycles. The number of urea groups is 1. The summed E-state index contributed by atoms with van der Waals surface area (Å²) in [5, 5.41) is 7.27. The van der Waals surface area contributed by atoms with Crippen molar-refractivity contribution in [3.63, 3.8) is 0 Å². The number of hydrogen-bond acceptors (Lipinski definition) is 5. The Balaban J connectivity index is 1.08. The van der Waals surface area contributed by atoms with Crippen molar-refractivity contribution in [2.24, 2.45) is 5.92 Å². The summed E-state index contributed by atoms with van der Waals surface area (Å²) in [6.45, 7) is 2.94. The van der Waals surface area contributed by atoms with Crippen LogP contribution in [0.1, 0.15) is 61.7 Å². The number of piperidine rings is 1. The first-order valence-corrected chi connectivity index (χ1v) is 11.7. The van der Waals surface area contributed by atoms with Crippen LogP contribution >= 0.6 is 0 Å². The number of likely N-dealkylation sites (tertiary alicyclic amines) is 1. The Labute approximate surface area is 183 Å². The van der Waals surface area contributed by atoms with Crippen molar-refractivity contribution in [2.75, 3.05) is 26.2 Å². The van der Waals surface area contributed by atoms with E-state index in [1.54, 1.807) is 0 Å². The zero-order chi connectivity index (χ0) is 21.1. The molecule has 3 fully saturated rings. The smallest absolute Gasteiger partial charge is 0.317 e. The molecule has 2 aromatic rings. The number of nitrogens with zero attached hydrogens (tertiary/aromatic N) is 3. The lowest BCUT2D eigenvalue weighted by Gasteiger charge is -2.46. The highest BCUT2D eigenvalue weighted by molar-refractivity contribution is 5.74. The first-order valence-electron chi connectivity index (χ1n) is 11.7. The molecule has 5 rings (SSSR count). The molecule has 1 unspecified atom stereocenters. The predicted molar refractivity (Wildman–Crippen MR) is 116 cm³/mol.